The van der Waals surface area contributed by atoms with Crippen LogP contribution in [0.25, 0.3) is 6.08 Å². The molecule has 0 unspecified atom stereocenters. The monoisotopic (exact) mass is 475 g/mol. The highest BCUT2D eigenvalue weighted by molar-refractivity contribution is 6.00. The Morgan fingerprint density at radius 1 is 1.03 bits per heavy atom. The van der Waals surface area contributed by atoms with Crippen LogP contribution >= 0.6 is 0 Å². The Hall–Kier alpha value is -3.41. The SMILES string of the molecule is Cc1ccc2c(c1)C=C(C(=O)NCCCC(=O)c1ccc(OC3CCC(C(=O)O)CC3)cc1C)C2. The normalized spacial score (nSPS) is 19.0. The van der Waals surface area contributed by atoms with Crippen molar-refractivity contribution in [1.82, 2.24) is 5.32 Å². The van der Waals surface area contributed by atoms with Crippen LogP contribution in [0, 0.1) is 19.8 Å². The summed E-state index contributed by atoms with van der Waals surface area (Å²) in [4.78, 5) is 36.4. The summed E-state index contributed by atoms with van der Waals surface area (Å²) in [6.45, 7) is 4.39. The molecule has 0 aromatic heterocycles. The van der Waals surface area contributed by atoms with Crippen LogP contribution in [-0.2, 0) is 16.0 Å². The quantitative estimate of drug-likeness (QED) is 0.391. The Morgan fingerprint density at radius 2 is 1.80 bits per heavy atom. The molecule has 0 aliphatic heterocycles. The standard InChI is InChI=1S/C29H33NO5/c1-18-5-6-21-16-23(17-22(21)14-18)28(32)30-13-3-4-27(31)26-12-11-25(15-19(26)2)35-24-9-7-20(8-10-24)29(33)34/h5-6,11-12,14-15,17,20,24H,3-4,7-10,13,16H2,1-2H3,(H,30,32)(H,33,34). The molecule has 1 saturated carbocycles. The molecule has 35 heavy (non-hydrogen) atoms. The molecule has 0 heterocycles. The number of carboxylic acids is 1. The average molecular weight is 476 g/mol. The van der Waals surface area contributed by atoms with E-state index < -0.39 is 5.97 Å². The van der Waals surface area contributed by atoms with Gasteiger partial charge in [-0.1, -0.05) is 23.8 Å². The van der Waals surface area contributed by atoms with Crippen molar-refractivity contribution in [2.45, 2.75) is 64.9 Å². The van der Waals surface area contributed by atoms with Gasteiger partial charge in [-0.25, -0.2) is 0 Å². The molecule has 1 amide bonds. The zero-order valence-electron chi connectivity index (χ0n) is 20.4. The smallest absolute Gasteiger partial charge is 0.306 e. The number of carbonyl (C=O) groups is 3. The van der Waals surface area contributed by atoms with E-state index in [0.717, 1.165) is 29.5 Å². The highest BCUT2D eigenvalue weighted by Gasteiger charge is 2.27. The van der Waals surface area contributed by atoms with Gasteiger partial charge in [0.15, 0.2) is 5.78 Å². The van der Waals surface area contributed by atoms with Gasteiger partial charge in [0.05, 0.1) is 12.0 Å². The maximum Gasteiger partial charge on any atom is 0.306 e. The topological polar surface area (TPSA) is 92.7 Å². The number of fused-ring (bicyclic) bond motifs is 1. The summed E-state index contributed by atoms with van der Waals surface area (Å²) in [5, 5.41) is 12.1. The molecule has 184 valence electrons. The third kappa shape index (κ3) is 6.18. The number of aliphatic carboxylic acids is 1. The third-order valence-corrected chi connectivity index (χ3v) is 6.99. The van der Waals surface area contributed by atoms with E-state index in [-0.39, 0.29) is 23.7 Å². The number of aryl methyl sites for hydroxylation is 2. The van der Waals surface area contributed by atoms with Crippen LogP contribution in [0.1, 0.15) is 71.1 Å². The molecule has 2 aromatic carbocycles. The first kappa shape index (κ1) is 24.7. The fraction of sp³-hybridized carbons (Fsp3) is 0.414. The number of hydrogen-bond acceptors (Lipinski definition) is 4. The molecule has 0 atom stereocenters. The van der Waals surface area contributed by atoms with Gasteiger partial charge in [0.1, 0.15) is 5.75 Å². The van der Waals surface area contributed by atoms with E-state index in [2.05, 4.69) is 23.5 Å². The summed E-state index contributed by atoms with van der Waals surface area (Å²) < 4.78 is 6.05. The predicted octanol–water partition coefficient (Wildman–Crippen LogP) is 5.04. The molecule has 6 heteroatoms. The minimum absolute atomic E-state index is 0.0157. The van der Waals surface area contributed by atoms with Crippen LogP contribution < -0.4 is 10.1 Å². The molecule has 0 spiro atoms. The number of Topliss-reactive ketones (excluding diaryl/α,β-unsaturated/α-hetero) is 1. The lowest BCUT2D eigenvalue weighted by Gasteiger charge is -2.27. The fourth-order valence-electron chi connectivity index (χ4n) is 4.94. The van der Waals surface area contributed by atoms with Crippen LogP contribution in [0.4, 0.5) is 0 Å². The van der Waals surface area contributed by atoms with Crippen molar-refractivity contribution in [3.8, 4) is 5.75 Å². The van der Waals surface area contributed by atoms with E-state index in [4.69, 9.17) is 9.84 Å². The second kappa shape index (κ2) is 10.9. The second-order valence-electron chi connectivity index (χ2n) is 9.74. The number of benzene rings is 2. The van der Waals surface area contributed by atoms with Gasteiger partial charge in [0, 0.05) is 30.5 Å². The molecule has 6 nitrogen and oxygen atoms in total. The molecule has 1 fully saturated rings. The molecule has 4 rings (SSSR count). The lowest BCUT2D eigenvalue weighted by atomic mass is 9.87. The summed E-state index contributed by atoms with van der Waals surface area (Å²) >= 11 is 0. The summed E-state index contributed by atoms with van der Waals surface area (Å²) in [6, 6.07) is 11.7. The van der Waals surface area contributed by atoms with Gasteiger partial charge < -0.3 is 15.2 Å². The van der Waals surface area contributed by atoms with Crippen molar-refractivity contribution >= 4 is 23.7 Å². The number of nitrogens with one attached hydrogen (secondary N) is 1. The number of ether oxygens (including phenoxy) is 1. The molecule has 0 radical (unpaired) electrons. The molecule has 2 aliphatic rings. The zero-order chi connectivity index (χ0) is 24.9. The van der Waals surface area contributed by atoms with Crippen LogP contribution in [0.15, 0.2) is 42.0 Å². The van der Waals surface area contributed by atoms with E-state index in [9.17, 15) is 14.4 Å². The minimum Gasteiger partial charge on any atom is -0.490 e. The van der Waals surface area contributed by atoms with Crippen LogP contribution in [0.2, 0.25) is 0 Å². The van der Waals surface area contributed by atoms with E-state index in [1.165, 1.54) is 11.1 Å². The number of rotatable bonds is 9. The minimum atomic E-state index is -0.724. The molecular formula is C29H33NO5. The van der Waals surface area contributed by atoms with E-state index >= 15 is 0 Å². The Bertz CT molecular complexity index is 1160. The first-order valence-corrected chi connectivity index (χ1v) is 12.4. The van der Waals surface area contributed by atoms with Gasteiger partial charge in [-0.15, -0.1) is 0 Å². The highest BCUT2D eigenvalue weighted by Crippen LogP contribution is 2.29. The number of ketones is 1. The van der Waals surface area contributed by atoms with Gasteiger partial charge >= 0.3 is 5.97 Å². The summed E-state index contributed by atoms with van der Waals surface area (Å²) in [6.07, 6.45) is 6.28. The molecule has 0 bridgehead atoms. The third-order valence-electron chi connectivity index (χ3n) is 6.99. The summed E-state index contributed by atoms with van der Waals surface area (Å²) in [7, 11) is 0. The van der Waals surface area contributed by atoms with Crippen molar-refractivity contribution in [3.05, 3.63) is 69.8 Å². The Balaban J connectivity index is 1.21. The van der Waals surface area contributed by atoms with Crippen LogP contribution in [0.3, 0.4) is 0 Å². The molecular weight excluding hydrogens is 442 g/mol. The first-order valence-electron chi connectivity index (χ1n) is 12.4. The predicted molar refractivity (Wildman–Crippen MR) is 135 cm³/mol. The number of amides is 1. The van der Waals surface area contributed by atoms with E-state index in [0.29, 0.717) is 50.0 Å². The van der Waals surface area contributed by atoms with E-state index in [1.54, 1.807) is 6.07 Å². The Morgan fingerprint density at radius 3 is 2.51 bits per heavy atom. The first-order chi connectivity index (χ1) is 16.8. The average Bonchev–Trinajstić information content (AvgIpc) is 3.25. The molecule has 0 saturated heterocycles. The fourth-order valence-corrected chi connectivity index (χ4v) is 4.94. The molecule has 2 aliphatic carbocycles. The van der Waals surface area contributed by atoms with Crippen molar-refractivity contribution < 1.29 is 24.2 Å². The largest absolute Gasteiger partial charge is 0.490 e. The van der Waals surface area contributed by atoms with Gasteiger partial charge in [0.25, 0.3) is 0 Å². The van der Waals surface area contributed by atoms with Gasteiger partial charge in [-0.3, -0.25) is 14.4 Å². The van der Waals surface area contributed by atoms with Crippen LogP contribution in [0.5, 0.6) is 5.75 Å². The Kier molecular flexibility index (Phi) is 7.69. The van der Waals surface area contributed by atoms with Crippen molar-refractivity contribution in [1.29, 1.82) is 0 Å². The second-order valence-corrected chi connectivity index (χ2v) is 9.74. The van der Waals surface area contributed by atoms with Crippen LogP contribution in [-0.4, -0.2) is 35.4 Å². The summed E-state index contributed by atoms with van der Waals surface area (Å²) in [5.41, 5.74) is 5.76. The van der Waals surface area contributed by atoms with Gasteiger partial charge in [0.2, 0.25) is 5.91 Å². The summed E-state index contributed by atoms with van der Waals surface area (Å²) in [5.74, 6) is -0.296. The maximum absolute atomic E-state index is 12.7. The Labute approximate surface area is 206 Å². The lowest BCUT2D eigenvalue weighted by molar-refractivity contribution is -0.143. The zero-order valence-corrected chi connectivity index (χ0v) is 20.4. The van der Waals surface area contributed by atoms with Gasteiger partial charge in [-0.05, 0) is 86.9 Å². The van der Waals surface area contributed by atoms with Crippen molar-refractivity contribution in [2.24, 2.45) is 5.92 Å². The van der Waals surface area contributed by atoms with Crippen molar-refractivity contribution in [2.75, 3.05) is 6.54 Å². The van der Waals surface area contributed by atoms with E-state index in [1.807, 2.05) is 32.1 Å². The number of carbonyl (C=O) groups excluding carboxylic acids is 2. The molecule has 2 N–H and O–H groups in total. The lowest BCUT2D eigenvalue weighted by Crippen LogP contribution is -2.27. The molecule has 2 aromatic rings. The number of hydrogen-bond donors (Lipinski definition) is 2. The van der Waals surface area contributed by atoms with Crippen molar-refractivity contribution in [3.63, 3.8) is 0 Å². The maximum atomic E-state index is 12.7. The van der Waals surface area contributed by atoms with Gasteiger partial charge in [-0.2, -0.15) is 0 Å². The number of carboxylic acid groups (broad SMARTS) is 1. The highest BCUT2D eigenvalue weighted by atomic mass is 16.5.